The van der Waals surface area contributed by atoms with E-state index in [1.807, 2.05) is 20.9 Å². The van der Waals surface area contributed by atoms with E-state index in [1.54, 1.807) is 6.07 Å². The lowest BCUT2D eigenvalue weighted by Crippen LogP contribution is -2.14. The van der Waals surface area contributed by atoms with Crippen molar-refractivity contribution in [3.8, 4) is 5.75 Å². The molecule has 0 fully saturated rings. The maximum absolute atomic E-state index is 13.2. The van der Waals surface area contributed by atoms with Gasteiger partial charge < -0.3 is 10.1 Å². The minimum atomic E-state index is -0.276. The molecule has 0 aliphatic rings. The van der Waals surface area contributed by atoms with Crippen LogP contribution in [0, 0.1) is 5.82 Å². The van der Waals surface area contributed by atoms with Crippen LogP contribution in [0.1, 0.15) is 31.9 Å². The number of ether oxygens (including phenoxy) is 1. The summed E-state index contributed by atoms with van der Waals surface area (Å²) < 4.78 is 18.8. The van der Waals surface area contributed by atoms with Crippen LogP contribution < -0.4 is 10.1 Å². The highest BCUT2D eigenvalue weighted by Gasteiger charge is 2.11. The third-order valence-corrected chi connectivity index (χ3v) is 2.66. The van der Waals surface area contributed by atoms with Crippen LogP contribution in [0.25, 0.3) is 0 Å². The summed E-state index contributed by atoms with van der Waals surface area (Å²) in [6, 6.07) is 4.78. The Morgan fingerprint density at radius 3 is 2.82 bits per heavy atom. The Labute approximate surface area is 102 Å². The minimum Gasteiger partial charge on any atom is -0.493 e. The average molecular weight is 237 g/mol. The van der Waals surface area contributed by atoms with Crippen LogP contribution in [0.5, 0.6) is 5.75 Å². The first-order valence-corrected chi connectivity index (χ1v) is 5.78. The normalized spacial score (nSPS) is 12.2. The highest BCUT2D eigenvalue weighted by molar-refractivity contribution is 5.36. The standard InChI is InChI=1S/C14H20FNO/c1-10(2)7-8-17-14-9-12(15)5-6-13(14)11(3)16-4/h5-6,9,11,16H,1,7-8H2,2-4H3. The summed E-state index contributed by atoms with van der Waals surface area (Å²) in [6.07, 6.45) is 0.782. The van der Waals surface area contributed by atoms with Gasteiger partial charge in [0.2, 0.25) is 0 Å². The van der Waals surface area contributed by atoms with Gasteiger partial charge in [0.1, 0.15) is 11.6 Å². The molecule has 0 heterocycles. The fourth-order valence-corrected chi connectivity index (χ4v) is 1.48. The van der Waals surface area contributed by atoms with Gasteiger partial charge in [0.15, 0.2) is 0 Å². The topological polar surface area (TPSA) is 21.3 Å². The highest BCUT2D eigenvalue weighted by Crippen LogP contribution is 2.26. The first kappa shape index (κ1) is 13.7. The van der Waals surface area contributed by atoms with Gasteiger partial charge in [-0.2, -0.15) is 0 Å². The van der Waals surface area contributed by atoms with Gasteiger partial charge in [-0.25, -0.2) is 4.39 Å². The first-order valence-electron chi connectivity index (χ1n) is 5.78. The van der Waals surface area contributed by atoms with Crippen LogP contribution in [0.4, 0.5) is 4.39 Å². The summed E-state index contributed by atoms with van der Waals surface area (Å²) in [5.74, 6) is 0.329. The van der Waals surface area contributed by atoms with E-state index >= 15 is 0 Å². The van der Waals surface area contributed by atoms with E-state index in [1.165, 1.54) is 12.1 Å². The predicted octanol–water partition coefficient (Wildman–Crippen LogP) is 3.45. The van der Waals surface area contributed by atoms with Gasteiger partial charge in [-0.15, -0.1) is 6.58 Å². The summed E-state index contributed by atoms with van der Waals surface area (Å²) in [5.41, 5.74) is 2.03. The van der Waals surface area contributed by atoms with Crippen molar-refractivity contribution in [1.29, 1.82) is 0 Å². The van der Waals surface area contributed by atoms with Gasteiger partial charge in [-0.3, -0.25) is 0 Å². The molecule has 0 saturated carbocycles. The summed E-state index contributed by atoms with van der Waals surface area (Å²) in [4.78, 5) is 0. The lowest BCUT2D eigenvalue weighted by Gasteiger charge is -2.16. The fourth-order valence-electron chi connectivity index (χ4n) is 1.48. The van der Waals surface area contributed by atoms with Crippen molar-refractivity contribution >= 4 is 0 Å². The molecule has 0 amide bonds. The zero-order chi connectivity index (χ0) is 12.8. The van der Waals surface area contributed by atoms with Gasteiger partial charge >= 0.3 is 0 Å². The van der Waals surface area contributed by atoms with Crippen molar-refractivity contribution in [2.45, 2.75) is 26.3 Å². The van der Waals surface area contributed by atoms with Gasteiger partial charge in [-0.05, 0) is 27.0 Å². The molecule has 17 heavy (non-hydrogen) atoms. The second-order valence-corrected chi connectivity index (χ2v) is 4.25. The Morgan fingerprint density at radius 1 is 1.53 bits per heavy atom. The molecule has 0 spiro atoms. The number of hydrogen-bond donors (Lipinski definition) is 1. The highest BCUT2D eigenvalue weighted by atomic mass is 19.1. The zero-order valence-corrected chi connectivity index (χ0v) is 10.7. The quantitative estimate of drug-likeness (QED) is 0.765. The molecular formula is C14H20FNO. The van der Waals surface area contributed by atoms with Crippen LogP contribution >= 0.6 is 0 Å². The Morgan fingerprint density at radius 2 is 2.24 bits per heavy atom. The minimum absolute atomic E-state index is 0.135. The van der Waals surface area contributed by atoms with E-state index < -0.39 is 0 Å². The molecule has 2 nitrogen and oxygen atoms in total. The van der Waals surface area contributed by atoms with Crippen molar-refractivity contribution in [3.05, 3.63) is 41.7 Å². The van der Waals surface area contributed by atoms with Crippen LogP contribution in [0.2, 0.25) is 0 Å². The second kappa shape index (κ2) is 6.40. The Bertz CT molecular complexity index is 390. The Balaban J connectivity index is 2.80. The Kier molecular flexibility index (Phi) is 5.16. The number of nitrogens with one attached hydrogen (secondary N) is 1. The average Bonchev–Trinajstić information content (AvgIpc) is 2.28. The van der Waals surface area contributed by atoms with Crippen molar-refractivity contribution in [2.75, 3.05) is 13.7 Å². The maximum atomic E-state index is 13.2. The molecule has 0 bridgehead atoms. The van der Waals surface area contributed by atoms with Crippen molar-refractivity contribution in [3.63, 3.8) is 0 Å². The van der Waals surface area contributed by atoms with E-state index in [0.29, 0.717) is 12.4 Å². The molecule has 1 N–H and O–H groups in total. The molecule has 1 rings (SSSR count). The molecule has 0 radical (unpaired) electrons. The number of rotatable bonds is 6. The number of hydrogen-bond acceptors (Lipinski definition) is 2. The summed E-state index contributed by atoms with van der Waals surface area (Å²) >= 11 is 0. The molecule has 3 heteroatoms. The summed E-state index contributed by atoms with van der Waals surface area (Å²) in [5, 5.41) is 3.12. The van der Waals surface area contributed by atoms with Crippen molar-refractivity contribution < 1.29 is 9.13 Å². The van der Waals surface area contributed by atoms with Crippen LogP contribution in [-0.2, 0) is 0 Å². The van der Waals surface area contributed by atoms with E-state index in [0.717, 1.165) is 17.6 Å². The SMILES string of the molecule is C=C(C)CCOc1cc(F)ccc1C(C)NC. The van der Waals surface area contributed by atoms with Crippen LogP contribution in [-0.4, -0.2) is 13.7 Å². The molecule has 0 aliphatic heterocycles. The lowest BCUT2D eigenvalue weighted by atomic mass is 10.1. The number of halogens is 1. The number of benzene rings is 1. The first-order chi connectivity index (χ1) is 8.04. The van der Waals surface area contributed by atoms with Gasteiger partial charge in [0.05, 0.1) is 6.61 Å². The molecule has 1 aromatic rings. The molecule has 0 saturated heterocycles. The van der Waals surface area contributed by atoms with Crippen LogP contribution in [0.3, 0.4) is 0 Å². The third-order valence-electron chi connectivity index (χ3n) is 2.66. The molecular weight excluding hydrogens is 217 g/mol. The van der Waals surface area contributed by atoms with Gasteiger partial charge in [0, 0.05) is 24.1 Å². The second-order valence-electron chi connectivity index (χ2n) is 4.25. The molecule has 1 atom stereocenters. The molecule has 1 aromatic carbocycles. The smallest absolute Gasteiger partial charge is 0.126 e. The molecule has 1 unspecified atom stereocenters. The molecule has 0 aliphatic carbocycles. The van der Waals surface area contributed by atoms with Gasteiger partial charge in [0.25, 0.3) is 0 Å². The summed E-state index contributed by atoms with van der Waals surface area (Å²) in [6.45, 7) is 8.30. The lowest BCUT2D eigenvalue weighted by molar-refractivity contribution is 0.314. The molecule has 94 valence electrons. The Hall–Kier alpha value is -1.35. The van der Waals surface area contributed by atoms with Gasteiger partial charge in [-0.1, -0.05) is 11.6 Å². The van der Waals surface area contributed by atoms with E-state index in [4.69, 9.17) is 4.74 Å². The van der Waals surface area contributed by atoms with Crippen molar-refractivity contribution in [1.82, 2.24) is 5.32 Å². The van der Waals surface area contributed by atoms with E-state index in [9.17, 15) is 4.39 Å². The third kappa shape index (κ3) is 4.19. The maximum Gasteiger partial charge on any atom is 0.126 e. The van der Waals surface area contributed by atoms with E-state index in [-0.39, 0.29) is 11.9 Å². The largest absolute Gasteiger partial charge is 0.493 e. The van der Waals surface area contributed by atoms with Crippen molar-refractivity contribution in [2.24, 2.45) is 0 Å². The summed E-state index contributed by atoms with van der Waals surface area (Å²) in [7, 11) is 1.87. The predicted molar refractivity (Wildman–Crippen MR) is 68.8 cm³/mol. The van der Waals surface area contributed by atoms with Crippen LogP contribution in [0.15, 0.2) is 30.4 Å². The fraction of sp³-hybridized carbons (Fsp3) is 0.429. The zero-order valence-electron chi connectivity index (χ0n) is 10.7. The van der Waals surface area contributed by atoms with E-state index in [2.05, 4.69) is 11.9 Å². The monoisotopic (exact) mass is 237 g/mol. The molecule has 0 aromatic heterocycles.